The van der Waals surface area contributed by atoms with Crippen molar-refractivity contribution in [3.8, 4) is 22.5 Å². The number of aromatic amines is 1. The second kappa shape index (κ2) is 5.76. The number of H-pyrrole nitrogens is 1. The molecule has 1 aliphatic heterocycles. The first-order valence-electron chi connectivity index (χ1n) is 9.19. The van der Waals surface area contributed by atoms with Gasteiger partial charge in [0.15, 0.2) is 0 Å². The summed E-state index contributed by atoms with van der Waals surface area (Å²) in [5.74, 6) is 0.0289. The first-order chi connectivity index (χ1) is 13.7. The number of morpholine rings is 1. The summed E-state index contributed by atoms with van der Waals surface area (Å²) in [6, 6.07) is 8.45. The third-order valence-corrected chi connectivity index (χ3v) is 6.70. The number of rotatable bonds is 2. The van der Waals surface area contributed by atoms with Crippen LogP contribution in [0.2, 0.25) is 0 Å². The number of aromatic nitrogens is 4. The number of hydrogen-bond donors (Lipinski definition) is 1. The molecule has 6 rings (SSSR count). The summed E-state index contributed by atoms with van der Waals surface area (Å²) in [6.45, 7) is 1.37. The van der Waals surface area contributed by atoms with E-state index in [2.05, 4.69) is 39.6 Å². The van der Waals surface area contributed by atoms with Gasteiger partial charge in [0.1, 0.15) is 6.61 Å². The number of nitrogens with one attached hydrogen (secondary N) is 1. The van der Waals surface area contributed by atoms with Crippen molar-refractivity contribution in [2.45, 2.75) is 6.42 Å². The van der Waals surface area contributed by atoms with Gasteiger partial charge in [-0.3, -0.25) is 19.5 Å². The van der Waals surface area contributed by atoms with E-state index < -0.39 is 0 Å². The Morgan fingerprint density at radius 3 is 3.11 bits per heavy atom. The zero-order chi connectivity index (χ0) is 18.8. The molecule has 0 saturated carbocycles. The Kier molecular flexibility index (Phi) is 3.30. The molecule has 7 nitrogen and oxygen atoms in total. The van der Waals surface area contributed by atoms with Gasteiger partial charge in [0.2, 0.25) is 0 Å². The van der Waals surface area contributed by atoms with E-state index in [-0.39, 0.29) is 12.5 Å². The predicted molar refractivity (Wildman–Crippen MR) is 108 cm³/mol. The molecule has 1 aromatic carbocycles. The zero-order valence-corrected chi connectivity index (χ0v) is 16.0. The molecule has 3 aromatic heterocycles. The van der Waals surface area contributed by atoms with E-state index in [4.69, 9.17) is 4.74 Å². The van der Waals surface area contributed by atoms with Crippen molar-refractivity contribution in [1.29, 1.82) is 0 Å². The van der Waals surface area contributed by atoms with Crippen LogP contribution in [-0.2, 0) is 23.0 Å². The highest BCUT2D eigenvalue weighted by atomic mass is 32.1. The van der Waals surface area contributed by atoms with Crippen molar-refractivity contribution in [2.75, 3.05) is 24.7 Å². The molecule has 0 atom stereocenters. The van der Waals surface area contributed by atoms with Crippen LogP contribution in [0.4, 0.5) is 5.00 Å². The standard InChI is InChI=1S/C20H17N5O2S/c1-24-15-6-11(2-3-12(15)9-21-24)19-14-7-16-13(20(14)23-22-19)8-18(28-16)25-4-5-27-10-17(25)26/h2-3,6,8-9H,4-5,7,10H2,1H3,(H,22,23). The lowest BCUT2D eigenvalue weighted by molar-refractivity contribution is -0.125. The van der Waals surface area contributed by atoms with Gasteiger partial charge < -0.3 is 4.74 Å². The average Bonchev–Trinajstić information content (AvgIpc) is 3.43. The molecule has 4 aromatic rings. The number of nitrogens with zero attached hydrogens (tertiary/aromatic N) is 4. The Morgan fingerprint density at radius 1 is 1.29 bits per heavy atom. The van der Waals surface area contributed by atoms with Crippen LogP contribution >= 0.6 is 11.3 Å². The molecular weight excluding hydrogens is 374 g/mol. The number of fused-ring (bicyclic) bond motifs is 4. The first kappa shape index (κ1) is 16.0. The van der Waals surface area contributed by atoms with Crippen molar-refractivity contribution in [3.63, 3.8) is 0 Å². The molecule has 0 spiro atoms. The summed E-state index contributed by atoms with van der Waals surface area (Å²) in [6.07, 6.45) is 2.71. The minimum Gasteiger partial charge on any atom is -0.370 e. The van der Waals surface area contributed by atoms with E-state index >= 15 is 0 Å². The SMILES string of the molecule is Cn1ncc2ccc(-c3n[nH]c4c3Cc3sc(N5CCOCC5=O)cc3-4)cc21. The molecular formula is C20H17N5O2S. The molecule has 4 heterocycles. The van der Waals surface area contributed by atoms with E-state index in [1.54, 1.807) is 11.3 Å². The molecule has 8 heteroatoms. The number of thiophene rings is 1. The maximum Gasteiger partial charge on any atom is 0.253 e. The van der Waals surface area contributed by atoms with Gasteiger partial charge in [0, 0.05) is 40.4 Å². The molecule has 1 saturated heterocycles. The third-order valence-electron chi connectivity index (χ3n) is 5.54. The highest BCUT2D eigenvalue weighted by Crippen LogP contribution is 2.46. The lowest BCUT2D eigenvalue weighted by Crippen LogP contribution is -2.41. The molecule has 140 valence electrons. The number of carbonyl (C=O) groups is 1. The fourth-order valence-electron chi connectivity index (χ4n) is 4.09. The number of ether oxygens (including phenoxy) is 1. The minimum absolute atomic E-state index is 0.0289. The number of anilines is 1. The molecule has 1 amide bonds. The van der Waals surface area contributed by atoms with Gasteiger partial charge >= 0.3 is 0 Å². The van der Waals surface area contributed by atoms with Gasteiger partial charge in [-0.1, -0.05) is 12.1 Å². The molecule has 0 bridgehead atoms. The fraction of sp³-hybridized carbons (Fsp3) is 0.250. The van der Waals surface area contributed by atoms with Gasteiger partial charge in [-0.05, 0) is 12.1 Å². The molecule has 0 unspecified atom stereocenters. The molecule has 0 radical (unpaired) electrons. The second-order valence-corrected chi connectivity index (χ2v) is 8.28. The van der Waals surface area contributed by atoms with Crippen LogP contribution in [0, 0.1) is 0 Å². The van der Waals surface area contributed by atoms with Crippen molar-refractivity contribution in [2.24, 2.45) is 7.05 Å². The number of amides is 1. The third kappa shape index (κ3) is 2.22. The van der Waals surface area contributed by atoms with Crippen LogP contribution < -0.4 is 4.90 Å². The van der Waals surface area contributed by atoms with E-state index in [0.29, 0.717) is 13.2 Å². The normalized spacial score (nSPS) is 16.0. The molecule has 1 fully saturated rings. The first-order valence-corrected chi connectivity index (χ1v) is 10.0. The van der Waals surface area contributed by atoms with Gasteiger partial charge in [0.05, 0.1) is 41.3 Å². The monoisotopic (exact) mass is 391 g/mol. The Hall–Kier alpha value is -2.97. The molecule has 28 heavy (non-hydrogen) atoms. The quantitative estimate of drug-likeness (QED) is 0.502. The lowest BCUT2D eigenvalue weighted by Gasteiger charge is -2.25. The predicted octanol–water partition coefficient (Wildman–Crippen LogP) is 2.96. The number of benzene rings is 1. The van der Waals surface area contributed by atoms with Crippen molar-refractivity contribution >= 4 is 33.1 Å². The summed E-state index contributed by atoms with van der Waals surface area (Å²) in [4.78, 5) is 15.3. The Morgan fingerprint density at radius 2 is 2.21 bits per heavy atom. The highest BCUT2D eigenvalue weighted by molar-refractivity contribution is 7.17. The van der Waals surface area contributed by atoms with Crippen LogP contribution in [0.1, 0.15) is 10.4 Å². The maximum absolute atomic E-state index is 12.1. The number of carbonyl (C=O) groups excluding carboxylic acids is 1. The van der Waals surface area contributed by atoms with Crippen molar-refractivity contribution in [3.05, 3.63) is 40.9 Å². The lowest BCUT2D eigenvalue weighted by atomic mass is 10.0. The van der Waals surface area contributed by atoms with E-state index in [9.17, 15) is 4.79 Å². The maximum atomic E-state index is 12.1. The molecule has 1 aliphatic carbocycles. The van der Waals surface area contributed by atoms with E-state index in [1.165, 1.54) is 10.4 Å². The van der Waals surface area contributed by atoms with Gasteiger partial charge in [-0.25, -0.2) is 0 Å². The van der Waals surface area contributed by atoms with Gasteiger partial charge in [0.25, 0.3) is 5.91 Å². The largest absolute Gasteiger partial charge is 0.370 e. The summed E-state index contributed by atoms with van der Waals surface area (Å²) in [5, 5.41) is 14.3. The molecule has 1 N–H and O–H groups in total. The topological polar surface area (TPSA) is 76.0 Å². The minimum atomic E-state index is 0.0289. The van der Waals surface area contributed by atoms with Crippen LogP contribution in [0.15, 0.2) is 30.5 Å². The van der Waals surface area contributed by atoms with Crippen LogP contribution in [0.3, 0.4) is 0 Å². The van der Waals surface area contributed by atoms with Crippen LogP contribution in [-0.4, -0.2) is 45.6 Å². The summed E-state index contributed by atoms with van der Waals surface area (Å²) in [5.41, 5.74) is 6.63. The van der Waals surface area contributed by atoms with Gasteiger partial charge in [-0.15, -0.1) is 11.3 Å². The van der Waals surface area contributed by atoms with Crippen LogP contribution in [0.5, 0.6) is 0 Å². The number of hydrogen-bond acceptors (Lipinski definition) is 5. The highest BCUT2D eigenvalue weighted by Gasteiger charge is 2.30. The Bertz CT molecular complexity index is 1250. The fourth-order valence-corrected chi connectivity index (χ4v) is 5.31. The van der Waals surface area contributed by atoms with Crippen molar-refractivity contribution < 1.29 is 9.53 Å². The smallest absolute Gasteiger partial charge is 0.253 e. The second-order valence-electron chi connectivity index (χ2n) is 7.16. The number of aryl methyl sites for hydroxylation is 1. The average molecular weight is 391 g/mol. The van der Waals surface area contributed by atoms with E-state index in [0.717, 1.165) is 44.8 Å². The zero-order valence-electron chi connectivity index (χ0n) is 15.2. The summed E-state index contributed by atoms with van der Waals surface area (Å²) >= 11 is 1.69. The summed E-state index contributed by atoms with van der Waals surface area (Å²) in [7, 11) is 1.95. The Labute approximate surface area is 164 Å². The Balaban J connectivity index is 1.39. The molecule has 2 aliphatic rings. The van der Waals surface area contributed by atoms with Crippen LogP contribution in [0.25, 0.3) is 33.4 Å². The van der Waals surface area contributed by atoms with E-state index in [1.807, 2.05) is 22.8 Å². The van der Waals surface area contributed by atoms with Gasteiger partial charge in [-0.2, -0.15) is 10.2 Å². The summed E-state index contributed by atoms with van der Waals surface area (Å²) < 4.78 is 7.13. The van der Waals surface area contributed by atoms with Crippen molar-refractivity contribution in [1.82, 2.24) is 20.0 Å².